The standard InChI is InChI=1S/C10H18N2/c1-5-12(7-9(2)3)8-10(4)6-11/h10H,2,5,7-8H2,1,3-4H3. The lowest BCUT2D eigenvalue weighted by molar-refractivity contribution is 0.290. The molecule has 2 nitrogen and oxygen atoms in total. The van der Waals surface area contributed by atoms with Crippen LogP contribution in [-0.2, 0) is 0 Å². The van der Waals surface area contributed by atoms with Gasteiger partial charge in [-0.25, -0.2) is 0 Å². The van der Waals surface area contributed by atoms with Crippen LogP contribution in [0.2, 0.25) is 0 Å². The first-order valence-electron chi connectivity index (χ1n) is 4.36. The van der Waals surface area contributed by atoms with Crippen molar-refractivity contribution in [3.8, 4) is 6.07 Å². The van der Waals surface area contributed by atoms with Gasteiger partial charge >= 0.3 is 0 Å². The van der Waals surface area contributed by atoms with Gasteiger partial charge in [0.15, 0.2) is 0 Å². The highest BCUT2D eigenvalue weighted by Gasteiger charge is 2.06. The second-order valence-corrected chi connectivity index (χ2v) is 3.31. The zero-order valence-corrected chi connectivity index (χ0v) is 8.30. The Hall–Kier alpha value is -0.810. The summed E-state index contributed by atoms with van der Waals surface area (Å²) in [6.07, 6.45) is 0. The van der Waals surface area contributed by atoms with E-state index < -0.39 is 0 Å². The van der Waals surface area contributed by atoms with E-state index in [2.05, 4.69) is 24.5 Å². The quantitative estimate of drug-likeness (QED) is 0.584. The molecule has 0 amide bonds. The Bertz CT molecular complexity index is 179. The number of hydrogen-bond acceptors (Lipinski definition) is 2. The van der Waals surface area contributed by atoms with Crippen LogP contribution in [0.1, 0.15) is 20.8 Å². The van der Waals surface area contributed by atoms with Crippen molar-refractivity contribution in [2.75, 3.05) is 19.6 Å². The van der Waals surface area contributed by atoms with Crippen molar-refractivity contribution in [2.24, 2.45) is 5.92 Å². The van der Waals surface area contributed by atoms with Gasteiger partial charge in [-0.2, -0.15) is 5.26 Å². The molecule has 0 aliphatic rings. The van der Waals surface area contributed by atoms with Gasteiger partial charge in [0.2, 0.25) is 0 Å². The largest absolute Gasteiger partial charge is 0.298 e. The molecule has 0 saturated heterocycles. The molecule has 0 aliphatic heterocycles. The molecule has 1 unspecified atom stereocenters. The SMILES string of the molecule is C=C(C)CN(CC)CC(C)C#N. The van der Waals surface area contributed by atoms with Crippen LogP contribution in [-0.4, -0.2) is 24.5 Å². The molecule has 0 saturated carbocycles. The molecule has 0 heterocycles. The highest BCUT2D eigenvalue weighted by molar-refractivity contribution is 4.93. The van der Waals surface area contributed by atoms with Crippen molar-refractivity contribution in [3.05, 3.63) is 12.2 Å². The Morgan fingerprint density at radius 1 is 1.67 bits per heavy atom. The number of hydrogen-bond donors (Lipinski definition) is 0. The van der Waals surface area contributed by atoms with E-state index in [9.17, 15) is 0 Å². The fraction of sp³-hybridized carbons (Fsp3) is 0.700. The number of rotatable bonds is 5. The number of nitriles is 1. The maximum Gasteiger partial charge on any atom is 0.0666 e. The van der Waals surface area contributed by atoms with Crippen LogP contribution in [0.3, 0.4) is 0 Å². The molecule has 1 atom stereocenters. The summed E-state index contributed by atoms with van der Waals surface area (Å²) >= 11 is 0. The minimum absolute atomic E-state index is 0.115. The van der Waals surface area contributed by atoms with Gasteiger partial charge in [-0.05, 0) is 20.4 Å². The van der Waals surface area contributed by atoms with E-state index in [-0.39, 0.29) is 5.92 Å². The van der Waals surface area contributed by atoms with Gasteiger partial charge in [0, 0.05) is 13.1 Å². The zero-order valence-electron chi connectivity index (χ0n) is 8.30. The summed E-state index contributed by atoms with van der Waals surface area (Å²) in [7, 11) is 0. The fourth-order valence-electron chi connectivity index (χ4n) is 1.12. The Morgan fingerprint density at radius 3 is 2.58 bits per heavy atom. The van der Waals surface area contributed by atoms with Crippen molar-refractivity contribution < 1.29 is 0 Å². The maximum absolute atomic E-state index is 8.61. The predicted molar refractivity (Wildman–Crippen MR) is 51.7 cm³/mol. The van der Waals surface area contributed by atoms with Crippen molar-refractivity contribution >= 4 is 0 Å². The Morgan fingerprint density at radius 2 is 2.25 bits per heavy atom. The third-order valence-corrected chi connectivity index (χ3v) is 1.69. The normalized spacial score (nSPS) is 12.6. The van der Waals surface area contributed by atoms with E-state index in [0.29, 0.717) is 0 Å². The summed E-state index contributed by atoms with van der Waals surface area (Å²) in [5.74, 6) is 0.115. The van der Waals surface area contributed by atoms with Gasteiger partial charge in [0.25, 0.3) is 0 Å². The summed E-state index contributed by atoms with van der Waals surface area (Å²) < 4.78 is 0. The van der Waals surface area contributed by atoms with Gasteiger partial charge in [0.05, 0.1) is 12.0 Å². The zero-order chi connectivity index (χ0) is 9.56. The molecular weight excluding hydrogens is 148 g/mol. The van der Waals surface area contributed by atoms with Gasteiger partial charge < -0.3 is 0 Å². The molecule has 0 spiro atoms. The lowest BCUT2D eigenvalue weighted by Gasteiger charge is -2.21. The lowest BCUT2D eigenvalue weighted by atomic mass is 10.2. The maximum atomic E-state index is 8.61. The Labute approximate surface area is 75.5 Å². The van der Waals surface area contributed by atoms with E-state index in [0.717, 1.165) is 25.2 Å². The smallest absolute Gasteiger partial charge is 0.0666 e. The topological polar surface area (TPSA) is 27.0 Å². The third-order valence-electron chi connectivity index (χ3n) is 1.69. The van der Waals surface area contributed by atoms with Crippen LogP contribution >= 0.6 is 0 Å². The molecule has 2 heteroatoms. The summed E-state index contributed by atoms with van der Waals surface area (Å²) in [5, 5.41) is 8.61. The minimum Gasteiger partial charge on any atom is -0.298 e. The molecule has 0 fully saturated rings. The molecule has 0 aromatic heterocycles. The second-order valence-electron chi connectivity index (χ2n) is 3.31. The summed E-state index contributed by atoms with van der Waals surface area (Å²) in [6.45, 7) is 12.7. The van der Waals surface area contributed by atoms with Crippen LogP contribution < -0.4 is 0 Å². The second kappa shape index (κ2) is 5.79. The first-order valence-corrected chi connectivity index (χ1v) is 4.36. The van der Waals surface area contributed by atoms with Crippen molar-refractivity contribution in [3.63, 3.8) is 0 Å². The van der Waals surface area contributed by atoms with Gasteiger partial charge in [-0.1, -0.05) is 19.1 Å². The average Bonchev–Trinajstić information content (AvgIpc) is 2.02. The number of likely N-dealkylation sites (N-methyl/N-ethyl adjacent to an activating group) is 1. The predicted octanol–water partition coefficient (Wildman–Crippen LogP) is 2.04. The molecule has 0 aromatic carbocycles. The van der Waals surface area contributed by atoms with E-state index in [4.69, 9.17) is 5.26 Å². The van der Waals surface area contributed by atoms with Crippen LogP contribution in [0, 0.1) is 17.2 Å². The minimum atomic E-state index is 0.115. The summed E-state index contributed by atoms with van der Waals surface area (Å²) in [6, 6.07) is 2.23. The molecule has 0 bridgehead atoms. The molecular formula is C10H18N2. The first kappa shape index (κ1) is 11.2. The molecule has 0 N–H and O–H groups in total. The summed E-state index contributed by atoms with van der Waals surface area (Å²) in [4.78, 5) is 2.23. The van der Waals surface area contributed by atoms with Crippen LogP contribution in [0.25, 0.3) is 0 Å². The number of nitrogens with zero attached hydrogens (tertiary/aromatic N) is 2. The van der Waals surface area contributed by atoms with E-state index in [1.54, 1.807) is 0 Å². The van der Waals surface area contributed by atoms with Gasteiger partial charge in [0.1, 0.15) is 0 Å². The molecule has 68 valence electrons. The molecule has 12 heavy (non-hydrogen) atoms. The van der Waals surface area contributed by atoms with Crippen molar-refractivity contribution in [1.82, 2.24) is 4.90 Å². The third kappa shape index (κ3) is 4.92. The Balaban J connectivity index is 3.84. The van der Waals surface area contributed by atoms with Crippen LogP contribution in [0.4, 0.5) is 0 Å². The fourth-order valence-corrected chi connectivity index (χ4v) is 1.12. The van der Waals surface area contributed by atoms with Crippen molar-refractivity contribution in [2.45, 2.75) is 20.8 Å². The van der Waals surface area contributed by atoms with Crippen molar-refractivity contribution in [1.29, 1.82) is 5.26 Å². The van der Waals surface area contributed by atoms with E-state index in [1.807, 2.05) is 13.8 Å². The summed E-state index contributed by atoms with van der Waals surface area (Å²) in [5.41, 5.74) is 1.15. The monoisotopic (exact) mass is 166 g/mol. The molecule has 0 aromatic rings. The van der Waals surface area contributed by atoms with E-state index in [1.165, 1.54) is 0 Å². The average molecular weight is 166 g/mol. The Kier molecular flexibility index (Phi) is 5.40. The highest BCUT2D eigenvalue weighted by Crippen LogP contribution is 2.01. The van der Waals surface area contributed by atoms with E-state index >= 15 is 0 Å². The van der Waals surface area contributed by atoms with Gasteiger partial charge in [-0.3, -0.25) is 4.90 Å². The van der Waals surface area contributed by atoms with Gasteiger partial charge in [-0.15, -0.1) is 0 Å². The first-order chi connectivity index (χ1) is 5.60. The molecule has 0 radical (unpaired) electrons. The lowest BCUT2D eigenvalue weighted by Crippen LogP contribution is -2.29. The van der Waals surface area contributed by atoms with Crippen LogP contribution in [0.5, 0.6) is 0 Å². The molecule has 0 aliphatic carbocycles. The highest BCUT2D eigenvalue weighted by atomic mass is 15.1. The van der Waals surface area contributed by atoms with Crippen LogP contribution in [0.15, 0.2) is 12.2 Å². The molecule has 0 rings (SSSR count).